The zero-order valence-corrected chi connectivity index (χ0v) is 18.6. The molecule has 0 aliphatic heterocycles. The largest absolute Gasteiger partial charge is 0.444 e. The van der Waals surface area contributed by atoms with Gasteiger partial charge in [0.25, 0.3) is 0 Å². The summed E-state index contributed by atoms with van der Waals surface area (Å²) in [5, 5.41) is 10.7. The van der Waals surface area contributed by atoms with Gasteiger partial charge in [0.05, 0.1) is 17.2 Å². The van der Waals surface area contributed by atoms with Gasteiger partial charge in [-0.25, -0.2) is 13.4 Å². The van der Waals surface area contributed by atoms with Gasteiger partial charge in [-0.2, -0.15) is 4.31 Å². The Kier molecular flexibility index (Phi) is 7.61. The van der Waals surface area contributed by atoms with Gasteiger partial charge in [0.15, 0.2) is 12.2 Å². The summed E-state index contributed by atoms with van der Waals surface area (Å²) < 4.78 is 33.2. The minimum Gasteiger partial charge on any atom is -0.444 e. The summed E-state index contributed by atoms with van der Waals surface area (Å²) in [4.78, 5) is 4.03. The van der Waals surface area contributed by atoms with E-state index in [1.807, 2.05) is 44.2 Å². The zero-order chi connectivity index (χ0) is 22.4. The highest BCUT2D eigenvalue weighted by Crippen LogP contribution is 2.23. The molecule has 3 rings (SSSR count). The van der Waals surface area contributed by atoms with Crippen molar-refractivity contribution in [1.82, 2.24) is 9.29 Å². The van der Waals surface area contributed by atoms with Crippen LogP contribution in [0, 0.1) is 5.92 Å². The van der Waals surface area contributed by atoms with E-state index in [9.17, 15) is 13.5 Å². The van der Waals surface area contributed by atoms with E-state index >= 15 is 0 Å². The highest BCUT2D eigenvalue weighted by atomic mass is 32.2. The van der Waals surface area contributed by atoms with Gasteiger partial charge in [-0.3, -0.25) is 0 Å². The van der Waals surface area contributed by atoms with E-state index in [-0.39, 0.29) is 23.9 Å². The van der Waals surface area contributed by atoms with Crippen molar-refractivity contribution in [2.75, 3.05) is 13.1 Å². The maximum atomic E-state index is 13.3. The Morgan fingerprint density at radius 2 is 1.74 bits per heavy atom. The molecular formula is C23H29N3O4S. The molecule has 2 atom stereocenters. The van der Waals surface area contributed by atoms with Crippen LogP contribution in [0.15, 0.2) is 76.5 Å². The van der Waals surface area contributed by atoms with Gasteiger partial charge in [-0.1, -0.05) is 44.2 Å². The fourth-order valence-corrected chi connectivity index (χ4v) is 4.96. The Labute approximate surface area is 183 Å². The molecule has 0 radical (unpaired) electrons. The minimum absolute atomic E-state index is 0.0711. The molecule has 1 heterocycles. The van der Waals surface area contributed by atoms with Gasteiger partial charge in [0.1, 0.15) is 0 Å². The van der Waals surface area contributed by atoms with Crippen LogP contribution in [0.1, 0.15) is 19.4 Å². The second kappa shape index (κ2) is 10.2. The molecule has 0 fully saturated rings. The van der Waals surface area contributed by atoms with Crippen molar-refractivity contribution in [2.45, 2.75) is 37.3 Å². The normalized spacial score (nSPS) is 14.1. The third kappa shape index (κ3) is 6.01. The molecule has 0 saturated heterocycles. The summed E-state index contributed by atoms with van der Waals surface area (Å²) in [6.45, 7) is 4.08. The summed E-state index contributed by atoms with van der Waals surface area (Å²) >= 11 is 0. The van der Waals surface area contributed by atoms with E-state index in [1.54, 1.807) is 18.3 Å². The van der Waals surface area contributed by atoms with E-state index in [2.05, 4.69) is 4.98 Å². The number of aromatic nitrogens is 1. The average molecular weight is 444 g/mol. The third-order valence-electron chi connectivity index (χ3n) is 4.98. The van der Waals surface area contributed by atoms with Gasteiger partial charge >= 0.3 is 0 Å². The number of sulfonamides is 1. The summed E-state index contributed by atoms with van der Waals surface area (Å²) in [6.07, 6.45) is 2.36. The van der Waals surface area contributed by atoms with Gasteiger partial charge in [-0.05, 0) is 42.2 Å². The second-order valence-electron chi connectivity index (χ2n) is 8.03. The molecule has 31 heavy (non-hydrogen) atoms. The lowest BCUT2D eigenvalue weighted by atomic mass is 10.0. The Hall–Kier alpha value is -2.52. The van der Waals surface area contributed by atoms with Crippen LogP contribution >= 0.6 is 0 Å². The standard InChI is InChI=1S/C23H29N3O4S/c1-17(2)14-26(15-22(27)21(24)12-18-6-4-3-5-7-18)31(28,29)20-10-8-19(9-11-20)23-13-25-16-30-23/h3-11,13,16-17,21-22,27H,12,14-15,24H2,1-2H3/t21-,22+/m0/s1. The summed E-state index contributed by atoms with van der Waals surface area (Å²) in [6, 6.07) is 15.5. The number of aliphatic hydroxyl groups is 1. The summed E-state index contributed by atoms with van der Waals surface area (Å²) in [7, 11) is -3.81. The average Bonchev–Trinajstić information content (AvgIpc) is 3.28. The summed E-state index contributed by atoms with van der Waals surface area (Å²) in [5.74, 6) is 0.645. The molecule has 0 unspecified atom stereocenters. The quantitative estimate of drug-likeness (QED) is 0.499. The Bertz CT molecular complexity index is 1040. The van der Waals surface area contributed by atoms with Crippen molar-refractivity contribution in [3.63, 3.8) is 0 Å². The number of benzene rings is 2. The van der Waals surface area contributed by atoms with Gasteiger partial charge < -0.3 is 15.3 Å². The molecule has 1 aromatic heterocycles. The second-order valence-corrected chi connectivity index (χ2v) is 9.96. The molecule has 0 amide bonds. The maximum Gasteiger partial charge on any atom is 0.243 e. The number of nitrogens with zero attached hydrogens (tertiary/aromatic N) is 2. The monoisotopic (exact) mass is 443 g/mol. The number of aliphatic hydroxyl groups excluding tert-OH is 1. The minimum atomic E-state index is -3.81. The van der Waals surface area contributed by atoms with Crippen LogP contribution in [0.4, 0.5) is 0 Å². The molecular weight excluding hydrogens is 414 g/mol. The first kappa shape index (κ1) is 23.1. The molecule has 0 aliphatic rings. The van der Waals surface area contributed by atoms with Crippen molar-refractivity contribution < 1.29 is 17.9 Å². The van der Waals surface area contributed by atoms with Crippen molar-refractivity contribution >= 4 is 10.0 Å². The van der Waals surface area contributed by atoms with Crippen LogP contribution in [0.2, 0.25) is 0 Å². The number of hydrogen-bond acceptors (Lipinski definition) is 6. The van der Waals surface area contributed by atoms with Crippen LogP contribution in [0.3, 0.4) is 0 Å². The molecule has 0 aliphatic carbocycles. The smallest absolute Gasteiger partial charge is 0.243 e. The van der Waals surface area contributed by atoms with Crippen LogP contribution in [-0.2, 0) is 16.4 Å². The molecule has 3 N–H and O–H groups in total. The molecule has 8 heteroatoms. The highest BCUT2D eigenvalue weighted by molar-refractivity contribution is 7.89. The first-order valence-electron chi connectivity index (χ1n) is 10.2. The van der Waals surface area contributed by atoms with E-state index in [1.165, 1.54) is 22.8 Å². The third-order valence-corrected chi connectivity index (χ3v) is 6.82. The van der Waals surface area contributed by atoms with Crippen molar-refractivity contribution in [2.24, 2.45) is 11.7 Å². The fraction of sp³-hybridized carbons (Fsp3) is 0.348. The predicted octanol–water partition coefficient (Wildman–Crippen LogP) is 2.92. The number of hydrogen-bond donors (Lipinski definition) is 2. The first-order valence-corrected chi connectivity index (χ1v) is 11.7. The summed E-state index contributed by atoms with van der Waals surface area (Å²) in [5.41, 5.74) is 7.93. The first-order chi connectivity index (χ1) is 14.8. The van der Waals surface area contributed by atoms with E-state index < -0.39 is 22.2 Å². The van der Waals surface area contributed by atoms with Crippen molar-refractivity contribution in [3.8, 4) is 11.3 Å². The predicted molar refractivity (Wildman–Crippen MR) is 120 cm³/mol. The molecule has 2 aromatic carbocycles. The van der Waals surface area contributed by atoms with Gasteiger partial charge in [0.2, 0.25) is 10.0 Å². The topological polar surface area (TPSA) is 110 Å². The van der Waals surface area contributed by atoms with Gasteiger partial charge in [0, 0.05) is 24.7 Å². The Morgan fingerprint density at radius 1 is 1.06 bits per heavy atom. The SMILES string of the molecule is CC(C)CN(C[C@@H](O)[C@@H](N)Cc1ccccc1)S(=O)(=O)c1ccc(-c2cnco2)cc1. The van der Waals surface area contributed by atoms with Crippen LogP contribution in [-0.4, -0.2) is 48.0 Å². The molecule has 7 nitrogen and oxygen atoms in total. The Morgan fingerprint density at radius 3 is 2.32 bits per heavy atom. The van der Waals surface area contributed by atoms with Gasteiger partial charge in [-0.15, -0.1) is 0 Å². The van der Waals surface area contributed by atoms with Crippen molar-refractivity contribution in [1.29, 1.82) is 0 Å². The molecule has 0 bridgehead atoms. The number of oxazole rings is 1. The van der Waals surface area contributed by atoms with Crippen LogP contribution < -0.4 is 5.73 Å². The zero-order valence-electron chi connectivity index (χ0n) is 17.8. The maximum absolute atomic E-state index is 13.3. The lowest BCUT2D eigenvalue weighted by Gasteiger charge is -2.28. The molecule has 0 spiro atoms. The number of nitrogens with two attached hydrogens (primary N) is 1. The van der Waals surface area contributed by atoms with Crippen molar-refractivity contribution in [3.05, 3.63) is 72.8 Å². The molecule has 0 saturated carbocycles. The fourth-order valence-electron chi connectivity index (χ4n) is 3.34. The van der Waals surface area contributed by atoms with E-state index in [0.29, 0.717) is 12.2 Å². The Balaban J connectivity index is 1.76. The van der Waals surface area contributed by atoms with Crippen LogP contribution in [0.5, 0.6) is 0 Å². The molecule has 166 valence electrons. The lowest BCUT2D eigenvalue weighted by molar-refractivity contribution is 0.116. The van der Waals surface area contributed by atoms with Crippen LogP contribution in [0.25, 0.3) is 11.3 Å². The van der Waals surface area contributed by atoms with E-state index in [0.717, 1.165) is 11.1 Å². The number of rotatable bonds is 10. The lowest BCUT2D eigenvalue weighted by Crippen LogP contribution is -2.47. The highest BCUT2D eigenvalue weighted by Gasteiger charge is 2.29. The molecule has 3 aromatic rings. The van der Waals surface area contributed by atoms with E-state index in [4.69, 9.17) is 10.2 Å².